The molecule has 3 nitrogen and oxygen atoms in total. The van der Waals surface area contributed by atoms with E-state index in [1.807, 2.05) is 19.9 Å². The quantitative estimate of drug-likeness (QED) is 0.697. The molecule has 13 heavy (non-hydrogen) atoms. The van der Waals surface area contributed by atoms with Crippen molar-refractivity contribution in [1.29, 1.82) is 0 Å². The Labute approximate surface area is 79.2 Å². The van der Waals surface area contributed by atoms with Crippen LogP contribution >= 0.6 is 0 Å². The number of nitrogens with one attached hydrogen (secondary N) is 1. The van der Waals surface area contributed by atoms with E-state index in [4.69, 9.17) is 4.74 Å². The van der Waals surface area contributed by atoms with Gasteiger partial charge in [0.1, 0.15) is 0 Å². The van der Waals surface area contributed by atoms with Gasteiger partial charge in [0.25, 0.3) is 0 Å². The molecule has 0 bridgehead atoms. The normalized spacial score (nSPS) is 17.8. The van der Waals surface area contributed by atoms with Crippen LogP contribution in [-0.2, 0) is 9.53 Å². The number of hydrogen-bond acceptors (Lipinski definition) is 3. The van der Waals surface area contributed by atoms with Crippen molar-refractivity contribution in [3.05, 3.63) is 11.8 Å². The summed E-state index contributed by atoms with van der Waals surface area (Å²) >= 11 is 0. The summed E-state index contributed by atoms with van der Waals surface area (Å²) in [6, 6.07) is 0.239. The predicted octanol–water partition coefficient (Wildman–Crippen LogP) is 1.25. The van der Waals surface area contributed by atoms with Crippen LogP contribution in [0.2, 0.25) is 0 Å². The summed E-state index contributed by atoms with van der Waals surface area (Å²) in [5.41, 5.74) is 0. The Morgan fingerprint density at radius 3 is 3.08 bits per heavy atom. The van der Waals surface area contributed by atoms with Gasteiger partial charge in [0.2, 0.25) is 0 Å². The smallest absolute Gasteiger partial charge is 0.198 e. The van der Waals surface area contributed by atoms with E-state index in [2.05, 4.69) is 5.32 Å². The summed E-state index contributed by atoms with van der Waals surface area (Å²) in [6.45, 7) is 5.61. The lowest BCUT2D eigenvalue weighted by molar-refractivity contribution is -0.118. The maximum absolute atomic E-state index is 11.5. The highest BCUT2D eigenvalue weighted by Crippen LogP contribution is 2.12. The molecule has 0 saturated carbocycles. The molecule has 0 fully saturated rings. The van der Waals surface area contributed by atoms with Crippen molar-refractivity contribution in [2.45, 2.75) is 32.7 Å². The van der Waals surface area contributed by atoms with Gasteiger partial charge < -0.3 is 10.1 Å². The Balaban J connectivity index is 2.31. The molecule has 1 unspecified atom stereocenters. The number of Topliss-reactive ketones (excluding diaryl/α,β-unsaturated/α-hetero) is 1. The molecule has 1 N–H and O–H groups in total. The molecule has 1 rings (SSSR count). The van der Waals surface area contributed by atoms with Crippen LogP contribution in [-0.4, -0.2) is 25.0 Å². The monoisotopic (exact) mass is 183 g/mol. The van der Waals surface area contributed by atoms with Crippen LogP contribution in [0.15, 0.2) is 11.8 Å². The highest BCUT2D eigenvalue weighted by molar-refractivity contribution is 5.94. The summed E-state index contributed by atoms with van der Waals surface area (Å²) < 4.78 is 5.18. The minimum absolute atomic E-state index is 0.117. The van der Waals surface area contributed by atoms with E-state index in [0.717, 1.165) is 13.0 Å². The van der Waals surface area contributed by atoms with E-state index < -0.39 is 0 Å². The zero-order valence-electron chi connectivity index (χ0n) is 8.30. The lowest BCUT2D eigenvalue weighted by atomic mass is 10.1. The first kappa shape index (κ1) is 10.3. The van der Waals surface area contributed by atoms with Crippen molar-refractivity contribution in [1.82, 2.24) is 5.32 Å². The van der Waals surface area contributed by atoms with Crippen molar-refractivity contribution in [2.24, 2.45) is 0 Å². The molecule has 0 aromatic carbocycles. The van der Waals surface area contributed by atoms with Crippen molar-refractivity contribution in [3.63, 3.8) is 0 Å². The predicted molar refractivity (Wildman–Crippen MR) is 51.4 cm³/mol. The summed E-state index contributed by atoms with van der Waals surface area (Å²) in [7, 11) is 0. The second-order valence-corrected chi connectivity index (χ2v) is 3.29. The third-order valence-electron chi connectivity index (χ3n) is 2.02. The molecule has 74 valence electrons. The molecule has 1 aliphatic rings. The van der Waals surface area contributed by atoms with Crippen LogP contribution in [0.4, 0.5) is 0 Å². The zero-order chi connectivity index (χ0) is 9.68. The first-order valence-electron chi connectivity index (χ1n) is 4.83. The Hall–Kier alpha value is -0.830. The molecule has 0 aliphatic carbocycles. The molecule has 0 aromatic rings. The largest absolute Gasteiger partial charge is 0.490 e. The number of ether oxygens (including phenoxy) is 1. The number of carbonyl (C=O) groups is 1. The van der Waals surface area contributed by atoms with Gasteiger partial charge in [-0.05, 0) is 19.5 Å². The Morgan fingerprint density at radius 1 is 1.77 bits per heavy atom. The second kappa shape index (κ2) is 5.02. The number of carbonyl (C=O) groups excluding carboxylic acids is 1. The number of allylic oxidation sites excluding steroid dienone is 1. The Kier molecular flexibility index (Phi) is 3.96. The first-order chi connectivity index (χ1) is 6.24. The van der Waals surface area contributed by atoms with E-state index in [0.29, 0.717) is 18.8 Å². The van der Waals surface area contributed by atoms with Gasteiger partial charge in [0.05, 0.1) is 6.61 Å². The zero-order valence-corrected chi connectivity index (χ0v) is 8.30. The maximum Gasteiger partial charge on any atom is 0.198 e. The van der Waals surface area contributed by atoms with Gasteiger partial charge in [-0.3, -0.25) is 4.79 Å². The third kappa shape index (κ3) is 3.19. The van der Waals surface area contributed by atoms with Crippen molar-refractivity contribution in [2.75, 3.05) is 13.2 Å². The molecule has 1 atom stereocenters. The highest BCUT2D eigenvalue weighted by atomic mass is 16.5. The summed E-state index contributed by atoms with van der Waals surface area (Å²) in [5.74, 6) is 0.677. The van der Waals surface area contributed by atoms with Crippen LogP contribution in [0.1, 0.15) is 26.7 Å². The van der Waals surface area contributed by atoms with Crippen LogP contribution in [0.25, 0.3) is 0 Å². The molecule has 3 heteroatoms. The standard InChI is InChI=1S/C10H17NO2/c1-3-11-8(2)7-9(12)10-5-4-6-13-10/h5,8,11H,3-4,6-7H2,1-2H3. The summed E-state index contributed by atoms with van der Waals surface area (Å²) in [5, 5.41) is 3.20. The topological polar surface area (TPSA) is 38.3 Å². The minimum Gasteiger partial charge on any atom is -0.490 e. The van der Waals surface area contributed by atoms with Gasteiger partial charge in [-0.15, -0.1) is 0 Å². The van der Waals surface area contributed by atoms with Crippen molar-refractivity contribution < 1.29 is 9.53 Å². The van der Waals surface area contributed by atoms with Gasteiger partial charge in [0, 0.05) is 18.9 Å². The van der Waals surface area contributed by atoms with E-state index >= 15 is 0 Å². The van der Waals surface area contributed by atoms with Gasteiger partial charge in [-0.25, -0.2) is 0 Å². The number of hydrogen-bond donors (Lipinski definition) is 1. The molecule has 1 aliphatic heterocycles. The fourth-order valence-corrected chi connectivity index (χ4v) is 1.41. The van der Waals surface area contributed by atoms with E-state index in [9.17, 15) is 4.79 Å². The average molecular weight is 183 g/mol. The van der Waals surface area contributed by atoms with Crippen molar-refractivity contribution in [3.8, 4) is 0 Å². The number of rotatable bonds is 5. The Morgan fingerprint density at radius 2 is 2.54 bits per heavy atom. The molecular weight excluding hydrogens is 166 g/mol. The molecule has 0 amide bonds. The molecule has 1 heterocycles. The molecular formula is C10H17NO2. The van der Waals surface area contributed by atoms with Gasteiger partial charge in [0.15, 0.2) is 11.5 Å². The van der Waals surface area contributed by atoms with Crippen LogP contribution in [0, 0.1) is 0 Å². The molecule has 0 spiro atoms. The van der Waals surface area contributed by atoms with Gasteiger partial charge in [-0.2, -0.15) is 0 Å². The van der Waals surface area contributed by atoms with E-state index in [1.54, 1.807) is 0 Å². The first-order valence-corrected chi connectivity index (χ1v) is 4.83. The summed E-state index contributed by atoms with van der Waals surface area (Å²) in [6.07, 6.45) is 3.28. The van der Waals surface area contributed by atoms with Crippen LogP contribution in [0.5, 0.6) is 0 Å². The van der Waals surface area contributed by atoms with Crippen LogP contribution in [0.3, 0.4) is 0 Å². The SMILES string of the molecule is CCNC(C)CC(=O)C1=CCCO1. The lowest BCUT2D eigenvalue weighted by Crippen LogP contribution is -2.28. The third-order valence-corrected chi connectivity index (χ3v) is 2.02. The summed E-state index contributed by atoms with van der Waals surface area (Å²) in [4.78, 5) is 11.5. The lowest BCUT2D eigenvalue weighted by Gasteiger charge is -2.11. The van der Waals surface area contributed by atoms with Crippen molar-refractivity contribution >= 4 is 5.78 Å². The van der Waals surface area contributed by atoms with Crippen LogP contribution < -0.4 is 5.32 Å². The maximum atomic E-state index is 11.5. The minimum atomic E-state index is 0.117. The van der Waals surface area contributed by atoms with Gasteiger partial charge in [-0.1, -0.05) is 6.92 Å². The Bertz CT molecular complexity index is 211. The average Bonchev–Trinajstić information content (AvgIpc) is 2.55. The van der Waals surface area contributed by atoms with E-state index in [1.165, 1.54) is 0 Å². The molecule has 0 radical (unpaired) electrons. The van der Waals surface area contributed by atoms with Gasteiger partial charge >= 0.3 is 0 Å². The molecule has 0 saturated heterocycles. The fourth-order valence-electron chi connectivity index (χ4n) is 1.41. The molecule has 0 aromatic heterocycles. The second-order valence-electron chi connectivity index (χ2n) is 3.29. The highest BCUT2D eigenvalue weighted by Gasteiger charge is 2.16. The fraction of sp³-hybridized carbons (Fsp3) is 0.700. The van der Waals surface area contributed by atoms with E-state index in [-0.39, 0.29) is 11.8 Å². The number of ketones is 1.